The van der Waals surface area contributed by atoms with E-state index in [1.165, 1.54) is 5.56 Å². The lowest BCUT2D eigenvalue weighted by Crippen LogP contribution is -2.31. The van der Waals surface area contributed by atoms with Crippen molar-refractivity contribution in [1.82, 2.24) is 14.8 Å². The number of anilines is 1. The summed E-state index contributed by atoms with van der Waals surface area (Å²) in [6.07, 6.45) is 0. The lowest BCUT2D eigenvalue weighted by atomic mass is 9.87. The number of benzene rings is 2. The molecule has 0 aliphatic carbocycles. The summed E-state index contributed by atoms with van der Waals surface area (Å²) >= 11 is 0. The van der Waals surface area contributed by atoms with E-state index >= 15 is 0 Å². The van der Waals surface area contributed by atoms with Gasteiger partial charge in [-0.1, -0.05) is 51.1 Å². The molecule has 1 atom stereocenters. The normalized spacial score (nSPS) is 15.5. The van der Waals surface area contributed by atoms with Crippen LogP contribution < -0.4 is 20.5 Å². The molecule has 8 nitrogen and oxygen atoms in total. The molecule has 0 saturated heterocycles. The molecule has 3 aromatic rings. The topological polar surface area (TPSA) is 104 Å². The highest BCUT2D eigenvalue weighted by atomic mass is 16.5. The first kappa shape index (κ1) is 23.4. The summed E-state index contributed by atoms with van der Waals surface area (Å²) in [4.78, 5) is 17.2. The van der Waals surface area contributed by atoms with Gasteiger partial charge in [-0.15, -0.1) is 5.10 Å². The highest BCUT2D eigenvalue weighted by molar-refractivity contribution is 5.95. The highest BCUT2D eigenvalue weighted by Gasteiger charge is 2.34. The number of aromatic nitrogens is 3. The molecule has 0 saturated carbocycles. The fourth-order valence-corrected chi connectivity index (χ4v) is 4.15. The smallest absolute Gasteiger partial charge is 0.248 e. The standard InChI is InChI=1S/C26H31N5O3/c1-7-34-19-13-10-17(14-20(19)33-6)22-21(23(27)32)15(2)28-25-29-24(30-31(22)25)16-8-11-18(12-9-16)26(3,4)5/h8-14,22H,7H2,1-6H3,(H2,27,32)(H,28,29,30). The molecule has 4 rings (SSSR count). The van der Waals surface area contributed by atoms with E-state index in [2.05, 4.69) is 38.2 Å². The zero-order valence-corrected chi connectivity index (χ0v) is 20.5. The number of carbonyl (C=O) groups is 1. The lowest BCUT2D eigenvalue weighted by molar-refractivity contribution is -0.115. The molecule has 1 aliphatic rings. The van der Waals surface area contributed by atoms with Crippen LogP contribution in [0, 0.1) is 0 Å². The molecule has 1 aliphatic heterocycles. The van der Waals surface area contributed by atoms with Gasteiger partial charge in [-0.2, -0.15) is 4.98 Å². The molecule has 3 N–H and O–H groups in total. The predicted molar refractivity (Wildman–Crippen MR) is 132 cm³/mol. The van der Waals surface area contributed by atoms with Gasteiger partial charge in [-0.3, -0.25) is 4.79 Å². The van der Waals surface area contributed by atoms with Gasteiger partial charge in [0.25, 0.3) is 0 Å². The third kappa shape index (κ3) is 4.23. The van der Waals surface area contributed by atoms with E-state index in [-0.39, 0.29) is 5.41 Å². The van der Waals surface area contributed by atoms with E-state index in [4.69, 9.17) is 25.3 Å². The quantitative estimate of drug-likeness (QED) is 0.563. The van der Waals surface area contributed by atoms with Gasteiger partial charge in [0.1, 0.15) is 6.04 Å². The minimum Gasteiger partial charge on any atom is -0.493 e. The first-order valence-corrected chi connectivity index (χ1v) is 11.3. The van der Waals surface area contributed by atoms with Gasteiger partial charge in [-0.05, 0) is 42.5 Å². The number of carbonyl (C=O) groups excluding carboxylic acids is 1. The second-order valence-corrected chi connectivity index (χ2v) is 9.30. The number of primary amides is 1. The summed E-state index contributed by atoms with van der Waals surface area (Å²) in [5.41, 5.74) is 9.82. The number of amides is 1. The van der Waals surface area contributed by atoms with Crippen molar-refractivity contribution in [3.63, 3.8) is 0 Å². The summed E-state index contributed by atoms with van der Waals surface area (Å²) in [6.45, 7) is 10.8. The molecule has 0 bridgehead atoms. The molecule has 2 aromatic carbocycles. The van der Waals surface area contributed by atoms with E-state index in [1.54, 1.807) is 11.8 Å². The van der Waals surface area contributed by atoms with Gasteiger partial charge >= 0.3 is 0 Å². The van der Waals surface area contributed by atoms with E-state index in [0.29, 0.717) is 41.1 Å². The number of nitrogens with two attached hydrogens (primary N) is 1. The second kappa shape index (κ2) is 8.85. The number of methoxy groups -OCH3 is 1. The molecule has 34 heavy (non-hydrogen) atoms. The Morgan fingerprint density at radius 2 is 1.85 bits per heavy atom. The number of hydrogen-bond donors (Lipinski definition) is 2. The van der Waals surface area contributed by atoms with Crippen LogP contribution in [-0.2, 0) is 10.2 Å². The summed E-state index contributed by atoms with van der Waals surface area (Å²) in [6, 6.07) is 13.2. The monoisotopic (exact) mass is 461 g/mol. The number of nitrogens with one attached hydrogen (secondary N) is 1. The van der Waals surface area contributed by atoms with Gasteiger partial charge < -0.3 is 20.5 Å². The van der Waals surface area contributed by atoms with Crippen molar-refractivity contribution in [2.75, 3.05) is 19.0 Å². The lowest BCUT2D eigenvalue weighted by Gasteiger charge is -2.28. The summed E-state index contributed by atoms with van der Waals surface area (Å²) in [5.74, 6) is 1.76. The van der Waals surface area contributed by atoms with E-state index < -0.39 is 11.9 Å². The number of allylic oxidation sites excluding steroid dienone is 1. The van der Waals surface area contributed by atoms with Crippen molar-refractivity contribution < 1.29 is 14.3 Å². The van der Waals surface area contributed by atoms with E-state index in [1.807, 2.05) is 44.2 Å². The van der Waals surface area contributed by atoms with Crippen molar-refractivity contribution in [3.8, 4) is 22.9 Å². The average molecular weight is 462 g/mol. The van der Waals surface area contributed by atoms with Crippen LogP contribution in [0.15, 0.2) is 53.7 Å². The average Bonchev–Trinajstić information content (AvgIpc) is 3.21. The number of rotatable bonds is 6. The minimum atomic E-state index is -0.562. The Balaban J connectivity index is 1.81. The number of nitrogens with zero attached hydrogens (tertiary/aromatic N) is 3. The molecule has 178 valence electrons. The summed E-state index contributed by atoms with van der Waals surface area (Å²) in [7, 11) is 1.58. The van der Waals surface area contributed by atoms with Crippen LogP contribution in [0.2, 0.25) is 0 Å². The number of ether oxygens (including phenoxy) is 2. The molecule has 2 heterocycles. The molecule has 1 amide bonds. The Morgan fingerprint density at radius 3 is 2.44 bits per heavy atom. The number of fused-ring (bicyclic) bond motifs is 1. The predicted octanol–water partition coefficient (Wildman–Crippen LogP) is 4.42. The van der Waals surface area contributed by atoms with Crippen molar-refractivity contribution in [2.24, 2.45) is 5.73 Å². The maximum Gasteiger partial charge on any atom is 0.248 e. The van der Waals surface area contributed by atoms with E-state index in [0.717, 1.165) is 11.1 Å². The largest absolute Gasteiger partial charge is 0.493 e. The maximum atomic E-state index is 12.5. The third-order valence-corrected chi connectivity index (χ3v) is 5.93. The molecule has 0 fully saturated rings. The van der Waals surface area contributed by atoms with Crippen molar-refractivity contribution >= 4 is 11.9 Å². The van der Waals surface area contributed by atoms with Crippen LogP contribution in [0.5, 0.6) is 11.5 Å². The van der Waals surface area contributed by atoms with Crippen LogP contribution in [0.25, 0.3) is 11.4 Å². The molecular weight excluding hydrogens is 430 g/mol. The van der Waals surface area contributed by atoms with Crippen molar-refractivity contribution in [1.29, 1.82) is 0 Å². The van der Waals surface area contributed by atoms with E-state index in [9.17, 15) is 4.79 Å². The molecule has 8 heteroatoms. The van der Waals surface area contributed by atoms with Crippen LogP contribution >= 0.6 is 0 Å². The van der Waals surface area contributed by atoms with Crippen LogP contribution in [0.3, 0.4) is 0 Å². The van der Waals surface area contributed by atoms with Gasteiger partial charge in [0.05, 0.1) is 19.3 Å². The summed E-state index contributed by atoms with van der Waals surface area (Å²) < 4.78 is 12.9. The van der Waals surface area contributed by atoms with Crippen LogP contribution in [0.1, 0.15) is 51.8 Å². The Kier molecular flexibility index (Phi) is 6.08. The SMILES string of the molecule is CCOc1ccc(C2C(C(N)=O)=C(C)Nc3nc(-c4ccc(C(C)(C)C)cc4)nn32)cc1OC. The minimum absolute atomic E-state index is 0.0518. The molecule has 1 aromatic heterocycles. The molecule has 1 unspecified atom stereocenters. The molecule has 0 spiro atoms. The van der Waals surface area contributed by atoms with Gasteiger partial charge in [0.2, 0.25) is 11.9 Å². The first-order valence-electron chi connectivity index (χ1n) is 11.3. The Morgan fingerprint density at radius 1 is 1.15 bits per heavy atom. The van der Waals surface area contributed by atoms with Gasteiger partial charge in [0, 0.05) is 11.3 Å². The molecular formula is C26H31N5O3. The van der Waals surface area contributed by atoms with Crippen molar-refractivity contribution in [3.05, 3.63) is 64.9 Å². The maximum absolute atomic E-state index is 12.5. The summed E-state index contributed by atoms with van der Waals surface area (Å²) in [5, 5.41) is 7.97. The first-order chi connectivity index (χ1) is 16.1. The van der Waals surface area contributed by atoms with Crippen molar-refractivity contribution in [2.45, 2.75) is 46.1 Å². The Hall–Kier alpha value is -3.81. The van der Waals surface area contributed by atoms with Crippen LogP contribution in [0.4, 0.5) is 5.95 Å². The van der Waals surface area contributed by atoms with Gasteiger partial charge in [0.15, 0.2) is 17.3 Å². The zero-order valence-electron chi connectivity index (χ0n) is 20.5. The van der Waals surface area contributed by atoms with Gasteiger partial charge in [-0.25, -0.2) is 4.68 Å². The Labute approximate surface area is 199 Å². The Bertz CT molecular complexity index is 1250. The third-order valence-electron chi connectivity index (χ3n) is 5.93. The van der Waals surface area contributed by atoms with Crippen LogP contribution in [-0.4, -0.2) is 34.4 Å². The zero-order chi connectivity index (χ0) is 24.6. The second-order valence-electron chi connectivity index (χ2n) is 9.30. The fourth-order valence-electron chi connectivity index (χ4n) is 4.15. The number of hydrogen-bond acceptors (Lipinski definition) is 6. The fraction of sp³-hybridized carbons (Fsp3) is 0.346. The molecule has 0 radical (unpaired) electrons. The highest BCUT2D eigenvalue weighted by Crippen LogP contribution is 2.39.